The van der Waals surface area contributed by atoms with Gasteiger partial charge < -0.3 is 5.32 Å². The van der Waals surface area contributed by atoms with Gasteiger partial charge in [-0.25, -0.2) is 0 Å². The molecule has 18 heavy (non-hydrogen) atoms. The van der Waals surface area contributed by atoms with Crippen LogP contribution in [0.5, 0.6) is 0 Å². The van der Waals surface area contributed by atoms with Gasteiger partial charge in [-0.1, -0.05) is 31.0 Å². The number of aryl methyl sites for hydroxylation is 1. The first kappa shape index (κ1) is 14.3. The molecule has 0 atom stereocenters. The molecule has 2 heteroatoms. The number of unbranched alkanes of at least 4 members (excludes halogenated alkanes) is 2. The van der Waals surface area contributed by atoms with E-state index in [1.165, 1.54) is 12.8 Å². The van der Waals surface area contributed by atoms with Crippen molar-refractivity contribution < 1.29 is 4.79 Å². The number of amides is 1. The van der Waals surface area contributed by atoms with Gasteiger partial charge in [0.25, 0.3) is 5.91 Å². The summed E-state index contributed by atoms with van der Waals surface area (Å²) < 4.78 is 0. The Labute approximate surface area is 109 Å². The van der Waals surface area contributed by atoms with E-state index in [1.54, 1.807) is 0 Å². The van der Waals surface area contributed by atoms with Crippen molar-refractivity contribution in [2.45, 2.75) is 33.1 Å². The van der Waals surface area contributed by atoms with Crippen molar-refractivity contribution in [3.05, 3.63) is 53.3 Å². The second kappa shape index (κ2) is 8.32. The third kappa shape index (κ3) is 5.51. The monoisotopic (exact) mass is 243 g/mol. The Bertz CT molecular complexity index is 425. The van der Waals surface area contributed by atoms with E-state index in [-0.39, 0.29) is 5.91 Å². The highest BCUT2D eigenvalue weighted by molar-refractivity contribution is 5.94. The number of rotatable bonds is 6. The van der Waals surface area contributed by atoms with E-state index in [9.17, 15) is 4.79 Å². The molecule has 1 amide bonds. The fourth-order valence-electron chi connectivity index (χ4n) is 1.48. The summed E-state index contributed by atoms with van der Waals surface area (Å²) in [6.07, 6.45) is 7.31. The lowest BCUT2D eigenvalue weighted by Gasteiger charge is -2.01. The van der Waals surface area contributed by atoms with E-state index in [2.05, 4.69) is 18.0 Å². The van der Waals surface area contributed by atoms with Crippen LogP contribution in [0.15, 0.2) is 42.1 Å². The molecule has 0 aliphatic rings. The third-order valence-corrected chi connectivity index (χ3v) is 2.62. The quantitative estimate of drug-likeness (QED) is 0.600. The molecule has 0 fully saturated rings. The van der Waals surface area contributed by atoms with E-state index >= 15 is 0 Å². The molecule has 2 nitrogen and oxygen atoms in total. The van der Waals surface area contributed by atoms with Gasteiger partial charge in [-0.05, 0) is 44.1 Å². The van der Waals surface area contributed by atoms with Crippen molar-refractivity contribution in [2.24, 2.45) is 0 Å². The summed E-state index contributed by atoms with van der Waals surface area (Å²) in [6, 6.07) is 7.56. The molecule has 1 rings (SSSR count). The average Bonchev–Trinajstić information content (AvgIpc) is 2.38. The molecule has 0 aromatic heterocycles. The highest BCUT2D eigenvalue weighted by Gasteiger charge is 2.01. The molecule has 1 N–H and O–H groups in total. The maximum atomic E-state index is 11.7. The van der Waals surface area contributed by atoms with Crippen LogP contribution in [0.2, 0.25) is 0 Å². The SMILES string of the molecule is CCCCC=C=CCNC(=O)c1ccc(C)cc1. The summed E-state index contributed by atoms with van der Waals surface area (Å²) in [7, 11) is 0. The van der Waals surface area contributed by atoms with Crippen LogP contribution in [-0.4, -0.2) is 12.5 Å². The first-order chi connectivity index (χ1) is 8.74. The summed E-state index contributed by atoms with van der Waals surface area (Å²) in [6.45, 7) is 4.69. The highest BCUT2D eigenvalue weighted by Crippen LogP contribution is 2.02. The third-order valence-electron chi connectivity index (χ3n) is 2.62. The largest absolute Gasteiger partial charge is 0.348 e. The zero-order valence-electron chi connectivity index (χ0n) is 11.2. The van der Waals surface area contributed by atoms with E-state index in [0.29, 0.717) is 12.1 Å². The van der Waals surface area contributed by atoms with Crippen LogP contribution in [0, 0.1) is 6.92 Å². The normalized spacial score (nSPS) is 9.44. The second-order valence-electron chi connectivity index (χ2n) is 4.29. The van der Waals surface area contributed by atoms with Gasteiger partial charge in [-0.3, -0.25) is 4.79 Å². The van der Waals surface area contributed by atoms with Crippen LogP contribution < -0.4 is 5.32 Å². The van der Waals surface area contributed by atoms with Gasteiger partial charge in [0.05, 0.1) is 0 Å². The lowest BCUT2D eigenvalue weighted by molar-refractivity contribution is 0.0958. The average molecular weight is 243 g/mol. The molecule has 0 unspecified atom stereocenters. The van der Waals surface area contributed by atoms with Crippen molar-refractivity contribution in [3.8, 4) is 0 Å². The van der Waals surface area contributed by atoms with E-state index in [4.69, 9.17) is 0 Å². The van der Waals surface area contributed by atoms with Gasteiger partial charge in [-0.2, -0.15) is 0 Å². The van der Waals surface area contributed by atoms with Gasteiger partial charge in [0.15, 0.2) is 0 Å². The topological polar surface area (TPSA) is 29.1 Å². The molecule has 96 valence electrons. The molecule has 0 saturated heterocycles. The van der Waals surface area contributed by atoms with Crippen LogP contribution >= 0.6 is 0 Å². The summed E-state index contributed by atoms with van der Waals surface area (Å²) in [5.41, 5.74) is 4.93. The second-order valence-corrected chi connectivity index (χ2v) is 4.29. The lowest BCUT2D eigenvalue weighted by atomic mass is 10.1. The van der Waals surface area contributed by atoms with Crippen molar-refractivity contribution in [1.82, 2.24) is 5.32 Å². The number of benzene rings is 1. The Kier molecular flexibility index (Phi) is 6.60. The number of nitrogens with one attached hydrogen (secondary N) is 1. The lowest BCUT2D eigenvalue weighted by Crippen LogP contribution is -2.23. The van der Waals surface area contributed by atoms with E-state index < -0.39 is 0 Å². The summed E-state index contributed by atoms with van der Waals surface area (Å²) in [5, 5.41) is 2.83. The van der Waals surface area contributed by atoms with Crippen LogP contribution in [0.1, 0.15) is 42.1 Å². The van der Waals surface area contributed by atoms with E-state index in [1.807, 2.05) is 43.3 Å². The van der Waals surface area contributed by atoms with Gasteiger partial charge in [0.2, 0.25) is 0 Å². The summed E-state index contributed by atoms with van der Waals surface area (Å²) in [5.74, 6) is -0.0402. The molecule has 1 aromatic rings. The van der Waals surface area contributed by atoms with Crippen LogP contribution in [0.4, 0.5) is 0 Å². The first-order valence-electron chi connectivity index (χ1n) is 6.48. The maximum absolute atomic E-state index is 11.7. The van der Waals surface area contributed by atoms with Crippen LogP contribution in [-0.2, 0) is 0 Å². The minimum atomic E-state index is -0.0402. The Hall–Kier alpha value is -1.79. The number of carbonyl (C=O) groups excluding carboxylic acids is 1. The van der Waals surface area contributed by atoms with Gasteiger partial charge in [0, 0.05) is 12.1 Å². The van der Waals surface area contributed by atoms with Crippen LogP contribution in [0.25, 0.3) is 0 Å². The van der Waals surface area contributed by atoms with Crippen molar-refractivity contribution in [1.29, 1.82) is 0 Å². The van der Waals surface area contributed by atoms with Crippen molar-refractivity contribution in [3.63, 3.8) is 0 Å². The molecular weight excluding hydrogens is 222 g/mol. The smallest absolute Gasteiger partial charge is 0.251 e. The predicted molar refractivity (Wildman–Crippen MR) is 75.7 cm³/mol. The Balaban J connectivity index is 2.33. The molecule has 0 aliphatic heterocycles. The first-order valence-corrected chi connectivity index (χ1v) is 6.48. The van der Waals surface area contributed by atoms with Gasteiger partial charge in [-0.15, -0.1) is 5.73 Å². The zero-order chi connectivity index (χ0) is 13.2. The number of carbonyl (C=O) groups is 1. The Morgan fingerprint density at radius 3 is 2.67 bits per heavy atom. The fraction of sp³-hybridized carbons (Fsp3) is 0.375. The molecule has 1 aromatic carbocycles. The molecule has 0 spiro atoms. The summed E-state index contributed by atoms with van der Waals surface area (Å²) in [4.78, 5) is 11.7. The standard InChI is InChI=1S/C16H21NO/c1-3-4-5-6-7-8-13-17-16(18)15-11-9-14(2)10-12-15/h6,8-12H,3-5,13H2,1-2H3,(H,17,18). The molecule has 0 radical (unpaired) electrons. The minimum absolute atomic E-state index is 0.0402. The zero-order valence-corrected chi connectivity index (χ0v) is 11.2. The minimum Gasteiger partial charge on any atom is -0.348 e. The molecule has 0 bridgehead atoms. The van der Waals surface area contributed by atoms with Gasteiger partial charge in [0.1, 0.15) is 0 Å². The van der Waals surface area contributed by atoms with Gasteiger partial charge >= 0.3 is 0 Å². The number of hydrogen-bond acceptors (Lipinski definition) is 1. The maximum Gasteiger partial charge on any atom is 0.251 e. The van der Waals surface area contributed by atoms with Crippen molar-refractivity contribution >= 4 is 5.91 Å². The number of hydrogen-bond donors (Lipinski definition) is 1. The molecule has 0 aliphatic carbocycles. The molecular formula is C16H21NO. The Morgan fingerprint density at radius 2 is 2.00 bits per heavy atom. The Morgan fingerprint density at radius 1 is 1.28 bits per heavy atom. The highest BCUT2D eigenvalue weighted by atomic mass is 16.1. The molecule has 0 heterocycles. The predicted octanol–water partition coefficient (Wildman–Crippen LogP) is 3.63. The van der Waals surface area contributed by atoms with E-state index in [0.717, 1.165) is 12.0 Å². The fourth-order valence-corrected chi connectivity index (χ4v) is 1.48. The summed E-state index contributed by atoms with van der Waals surface area (Å²) >= 11 is 0. The molecule has 0 saturated carbocycles. The van der Waals surface area contributed by atoms with Crippen LogP contribution in [0.3, 0.4) is 0 Å². The van der Waals surface area contributed by atoms with Crippen molar-refractivity contribution in [2.75, 3.05) is 6.54 Å².